The molecule has 2 heterocycles. The maximum atomic E-state index is 12.8. The van der Waals surface area contributed by atoms with Gasteiger partial charge in [0.15, 0.2) is 0 Å². The van der Waals surface area contributed by atoms with Crippen molar-refractivity contribution in [3.63, 3.8) is 0 Å². The summed E-state index contributed by atoms with van der Waals surface area (Å²) < 4.78 is 5.29. The normalized spacial score (nSPS) is 13.8. The van der Waals surface area contributed by atoms with Crippen LogP contribution in [0.2, 0.25) is 0 Å². The van der Waals surface area contributed by atoms with Crippen LogP contribution in [0.25, 0.3) is 0 Å². The average molecular weight is 465 g/mol. The van der Waals surface area contributed by atoms with Crippen LogP contribution in [0.5, 0.6) is 0 Å². The summed E-state index contributed by atoms with van der Waals surface area (Å²) in [6.45, 7) is 3.09. The molecule has 0 radical (unpaired) electrons. The van der Waals surface area contributed by atoms with Gasteiger partial charge in [-0.15, -0.1) is 11.3 Å². The van der Waals surface area contributed by atoms with Gasteiger partial charge in [0.25, 0.3) is 11.8 Å². The van der Waals surface area contributed by atoms with Crippen molar-refractivity contribution >= 4 is 46.1 Å². The molecule has 1 aliphatic rings. The molecule has 4 rings (SSSR count). The van der Waals surface area contributed by atoms with E-state index in [1.807, 2.05) is 10.3 Å². The topological polar surface area (TPSA) is 99.8 Å². The molecule has 1 fully saturated rings. The Hall–Kier alpha value is -3.53. The Morgan fingerprint density at radius 3 is 2.21 bits per heavy atom. The van der Waals surface area contributed by atoms with E-state index in [9.17, 15) is 14.4 Å². The van der Waals surface area contributed by atoms with Crippen molar-refractivity contribution in [1.29, 1.82) is 0 Å². The molecule has 170 valence electrons. The molecule has 9 heteroatoms. The van der Waals surface area contributed by atoms with E-state index in [4.69, 9.17) is 4.74 Å². The number of carbonyl (C=O) groups excluding carboxylic acids is 3. The molecule has 0 unspecified atom stereocenters. The fourth-order valence-corrected chi connectivity index (χ4v) is 4.00. The average Bonchev–Trinajstić information content (AvgIpc) is 3.37. The number of hydrogen-bond donors (Lipinski definition) is 3. The van der Waals surface area contributed by atoms with Gasteiger partial charge in [0.05, 0.1) is 35.9 Å². The molecule has 2 aromatic carbocycles. The standard InChI is InChI=1S/C24H24N4O4S/c29-22(16-28-11-13-32-14-12-28)25-17-7-9-18(10-8-17)26-23(30)19-4-1-2-5-20(19)27-24(31)21-6-3-15-33-21/h1-10,15H,11-14,16H2,(H,25,29)(H,26,30)(H,27,31). The van der Waals surface area contributed by atoms with Crippen molar-refractivity contribution in [2.75, 3.05) is 48.8 Å². The second kappa shape index (κ2) is 10.9. The number of rotatable bonds is 7. The highest BCUT2D eigenvalue weighted by Crippen LogP contribution is 2.20. The van der Waals surface area contributed by atoms with E-state index in [0.29, 0.717) is 47.3 Å². The molecule has 3 N–H and O–H groups in total. The van der Waals surface area contributed by atoms with Gasteiger partial charge in [0.2, 0.25) is 5.91 Å². The summed E-state index contributed by atoms with van der Waals surface area (Å²) in [5.74, 6) is -0.701. The Bertz CT molecular complexity index is 1110. The van der Waals surface area contributed by atoms with Gasteiger partial charge in [-0.1, -0.05) is 18.2 Å². The number of para-hydroxylation sites is 1. The van der Waals surface area contributed by atoms with E-state index >= 15 is 0 Å². The van der Waals surface area contributed by atoms with Crippen LogP contribution < -0.4 is 16.0 Å². The molecule has 0 bridgehead atoms. The zero-order valence-electron chi connectivity index (χ0n) is 17.9. The number of hydrogen-bond acceptors (Lipinski definition) is 6. The molecule has 0 spiro atoms. The molecule has 1 aromatic heterocycles. The van der Waals surface area contributed by atoms with Crippen LogP contribution in [-0.4, -0.2) is 55.5 Å². The Morgan fingerprint density at radius 2 is 1.52 bits per heavy atom. The van der Waals surface area contributed by atoms with Gasteiger partial charge in [-0.3, -0.25) is 19.3 Å². The Morgan fingerprint density at radius 1 is 0.818 bits per heavy atom. The molecule has 8 nitrogen and oxygen atoms in total. The first-order valence-electron chi connectivity index (χ1n) is 10.5. The first-order chi connectivity index (χ1) is 16.1. The third-order valence-corrected chi connectivity index (χ3v) is 5.93. The molecule has 0 saturated carbocycles. The highest BCUT2D eigenvalue weighted by molar-refractivity contribution is 7.12. The number of benzene rings is 2. The fourth-order valence-electron chi connectivity index (χ4n) is 3.38. The van der Waals surface area contributed by atoms with E-state index in [1.54, 1.807) is 60.7 Å². The van der Waals surface area contributed by atoms with Crippen LogP contribution in [0, 0.1) is 0 Å². The molecular formula is C24H24N4O4S. The van der Waals surface area contributed by atoms with Crippen molar-refractivity contribution in [2.45, 2.75) is 0 Å². The molecule has 1 aliphatic heterocycles. The zero-order valence-corrected chi connectivity index (χ0v) is 18.7. The van der Waals surface area contributed by atoms with Gasteiger partial charge in [0.1, 0.15) is 0 Å². The summed E-state index contributed by atoms with van der Waals surface area (Å²) in [5, 5.41) is 10.3. The number of amides is 3. The SMILES string of the molecule is O=C(CN1CCOCC1)Nc1ccc(NC(=O)c2ccccc2NC(=O)c2cccs2)cc1. The van der Waals surface area contributed by atoms with Crippen LogP contribution >= 0.6 is 11.3 Å². The summed E-state index contributed by atoms with van der Waals surface area (Å²) >= 11 is 1.33. The number of thiophene rings is 1. The minimum absolute atomic E-state index is 0.0934. The van der Waals surface area contributed by atoms with E-state index in [0.717, 1.165) is 13.1 Å². The monoisotopic (exact) mass is 464 g/mol. The van der Waals surface area contributed by atoms with Gasteiger partial charge in [-0.2, -0.15) is 0 Å². The zero-order chi connectivity index (χ0) is 23.0. The van der Waals surface area contributed by atoms with Crippen LogP contribution in [-0.2, 0) is 9.53 Å². The second-order valence-electron chi connectivity index (χ2n) is 7.45. The maximum Gasteiger partial charge on any atom is 0.265 e. The molecule has 0 atom stereocenters. The minimum Gasteiger partial charge on any atom is -0.379 e. The predicted octanol–water partition coefficient (Wildman–Crippen LogP) is 3.52. The summed E-state index contributed by atoms with van der Waals surface area (Å²) in [7, 11) is 0. The lowest BCUT2D eigenvalue weighted by atomic mass is 10.1. The number of carbonyl (C=O) groups is 3. The van der Waals surface area contributed by atoms with Gasteiger partial charge >= 0.3 is 0 Å². The lowest BCUT2D eigenvalue weighted by Gasteiger charge is -2.25. The number of nitrogens with one attached hydrogen (secondary N) is 3. The number of ether oxygens (including phenoxy) is 1. The number of morpholine rings is 1. The Balaban J connectivity index is 1.35. The molecule has 3 aromatic rings. The first-order valence-corrected chi connectivity index (χ1v) is 11.4. The summed E-state index contributed by atoms with van der Waals surface area (Å²) in [6.07, 6.45) is 0. The quantitative estimate of drug-likeness (QED) is 0.497. The maximum absolute atomic E-state index is 12.8. The van der Waals surface area contributed by atoms with Crippen LogP contribution in [0.3, 0.4) is 0 Å². The fraction of sp³-hybridized carbons (Fsp3) is 0.208. The van der Waals surface area contributed by atoms with Gasteiger partial charge in [-0.05, 0) is 47.8 Å². The molecular weight excluding hydrogens is 440 g/mol. The second-order valence-corrected chi connectivity index (χ2v) is 8.39. The Kier molecular flexibility index (Phi) is 7.46. The van der Waals surface area contributed by atoms with Crippen molar-refractivity contribution in [1.82, 2.24) is 4.90 Å². The summed E-state index contributed by atoms with van der Waals surface area (Å²) in [5.41, 5.74) is 2.01. The van der Waals surface area contributed by atoms with E-state index in [1.165, 1.54) is 11.3 Å². The third-order valence-electron chi connectivity index (χ3n) is 5.06. The largest absolute Gasteiger partial charge is 0.379 e. The third kappa shape index (κ3) is 6.26. The van der Waals surface area contributed by atoms with Crippen LogP contribution in [0.4, 0.5) is 17.1 Å². The van der Waals surface area contributed by atoms with E-state index in [-0.39, 0.29) is 17.7 Å². The highest BCUT2D eigenvalue weighted by atomic mass is 32.1. The van der Waals surface area contributed by atoms with Crippen LogP contribution in [0.1, 0.15) is 20.0 Å². The molecule has 1 saturated heterocycles. The van der Waals surface area contributed by atoms with Crippen molar-refractivity contribution in [2.24, 2.45) is 0 Å². The van der Waals surface area contributed by atoms with Gasteiger partial charge in [-0.25, -0.2) is 0 Å². The van der Waals surface area contributed by atoms with Crippen molar-refractivity contribution in [3.05, 3.63) is 76.5 Å². The lowest BCUT2D eigenvalue weighted by Crippen LogP contribution is -2.41. The summed E-state index contributed by atoms with van der Waals surface area (Å²) in [4.78, 5) is 40.1. The lowest BCUT2D eigenvalue weighted by molar-refractivity contribution is -0.118. The number of anilines is 3. The Labute approximate surface area is 195 Å². The van der Waals surface area contributed by atoms with Crippen LogP contribution in [0.15, 0.2) is 66.0 Å². The predicted molar refractivity (Wildman–Crippen MR) is 129 cm³/mol. The highest BCUT2D eigenvalue weighted by Gasteiger charge is 2.16. The first kappa shape index (κ1) is 22.7. The molecule has 33 heavy (non-hydrogen) atoms. The van der Waals surface area contributed by atoms with Gasteiger partial charge < -0.3 is 20.7 Å². The molecule has 0 aliphatic carbocycles. The smallest absolute Gasteiger partial charge is 0.265 e. The molecule has 3 amide bonds. The van der Waals surface area contributed by atoms with E-state index < -0.39 is 0 Å². The number of nitrogens with zero attached hydrogens (tertiary/aromatic N) is 1. The summed E-state index contributed by atoms with van der Waals surface area (Å²) in [6, 6.07) is 17.3. The van der Waals surface area contributed by atoms with Crippen molar-refractivity contribution in [3.8, 4) is 0 Å². The van der Waals surface area contributed by atoms with Crippen molar-refractivity contribution < 1.29 is 19.1 Å². The van der Waals surface area contributed by atoms with E-state index in [2.05, 4.69) is 16.0 Å². The van der Waals surface area contributed by atoms with Gasteiger partial charge in [0, 0.05) is 24.5 Å². The minimum atomic E-state index is -0.346.